The van der Waals surface area contributed by atoms with E-state index in [2.05, 4.69) is 19.2 Å². The number of likely N-dealkylation sites (N-methyl/N-ethyl adjacent to an activating group) is 1. The van der Waals surface area contributed by atoms with Crippen LogP contribution in [0.4, 0.5) is 0 Å². The monoisotopic (exact) mass is 561 g/mol. The number of primary amides is 1. The highest BCUT2D eigenvalue weighted by Gasteiger charge is 2.64. The number of ketones is 2. The highest BCUT2D eigenvalue weighted by Crippen LogP contribution is 2.53. The second-order valence-electron chi connectivity index (χ2n) is 11.7. The summed E-state index contributed by atoms with van der Waals surface area (Å²) in [5.41, 5.74) is 5.14. The zero-order chi connectivity index (χ0) is 30.0. The van der Waals surface area contributed by atoms with E-state index in [1.807, 2.05) is 24.3 Å². The maximum Gasteiger partial charge on any atom is 0.255 e. The van der Waals surface area contributed by atoms with Crippen LogP contribution in [0.3, 0.4) is 0 Å². The van der Waals surface area contributed by atoms with Crippen LogP contribution < -0.4 is 11.1 Å². The van der Waals surface area contributed by atoms with Gasteiger partial charge >= 0.3 is 0 Å². The Morgan fingerprint density at radius 1 is 1.10 bits per heavy atom. The lowest BCUT2D eigenvalue weighted by Gasteiger charge is -2.50. The van der Waals surface area contributed by atoms with Crippen molar-refractivity contribution in [3.05, 3.63) is 70.0 Å². The lowest BCUT2D eigenvalue weighted by molar-refractivity contribution is -0.153. The van der Waals surface area contributed by atoms with E-state index >= 15 is 0 Å². The number of hydrogen-bond donors (Lipinski definition) is 6. The van der Waals surface area contributed by atoms with Crippen LogP contribution in [0.1, 0.15) is 37.0 Å². The molecule has 1 amide bonds. The number of nitrogens with two attached hydrogens (primary N) is 1. The first kappa shape index (κ1) is 28.5. The fourth-order valence-corrected chi connectivity index (χ4v) is 6.64. The Kier molecular flexibility index (Phi) is 7.05. The predicted octanol–water partition coefficient (Wildman–Crippen LogP) is 2.13. The Morgan fingerprint density at radius 2 is 1.76 bits per heavy atom. The van der Waals surface area contributed by atoms with Crippen molar-refractivity contribution in [1.82, 2.24) is 10.2 Å². The summed E-state index contributed by atoms with van der Waals surface area (Å²) in [5.74, 6) is -6.65. The maximum absolute atomic E-state index is 14.0. The minimum Gasteiger partial charge on any atom is -0.508 e. The molecule has 5 rings (SSSR count). The first-order valence-electron chi connectivity index (χ1n) is 13.6. The van der Waals surface area contributed by atoms with Crippen molar-refractivity contribution in [3.8, 4) is 16.9 Å². The van der Waals surface area contributed by atoms with Gasteiger partial charge < -0.3 is 31.5 Å². The van der Waals surface area contributed by atoms with Gasteiger partial charge in [0.25, 0.3) is 5.91 Å². The zero-order valence-electron chi connectivity index (χ0n) is 23.4. The highest BCUT2D eigenvalue weighted by atomic mass is 16.3. The topological polar surface area (TPSA) is 173 Å². The lowest BCUT2D eigenvalue weighted by atomic mass is 9.57. The Hall–Kier alpha value is -3.99. The molecule has 1 unspecified atom stereocenters. The molecule has 10 nitrogen and oxygen atoms in total. The number of phenolic OH excluding ortho intramolecular Hbond substituents is 1. The molecule has 10 heteroatoms. The summed E-state index contributed by atoms with van der Waals surface area (Å²) >= 11 is 0. The number of nitrogens with one attached hydrogen (secondary N) is 1. The summed E-state index contributed by atoms with van der Waals surface area (Å²) in [7, 11) is 3.15. The lowest BCUT2D eigenvalue weighted by Crippen LogP contribution is -2.65. The summed E-state index contributed by atoms with van der Waals surface area (Å²) in [6, 6.07) is 10.3. The molecule has 0 aliphatic heterocycles. The number of amides is 1. The Bertz CT molecular complexity index is 1520. The summed E-state index contributed by atoms with van der Waals surface area (Å²) in [6.45, 7) is 4.85. The molecule has 0 radical (unpaired) electrons. The van der Waals surface area contributed by atoms with Crippen molar-refractivity contribution in [2.24, 2.45) is 17.6 Å². The SMILES string of the molecule is CC(C)NCc1ccc(-c2ccc(O)c3c2C[C@H]2C[C@H]4C(N(C)C)C(=O)C(C(N)=O)=C(O)[C@]4(O)C(=O)C2=C3O)cc1. The predicted molar refractivity (Wildman–Crippen MR) is 152 cm³/mol. The molecule has 0 heterocycles. The minimum atomic E-state index is -2.66. The van der Waals surface area contributed by atoms with Crippen molar-refractivity contribution in [2.75, 3.05) is 14.1 Å². The number of carbonyl (C=O) groups excluding carboxylic acids is 3. The van der Waals surface area contributed by atoms with E-state index in [4.69, 9.17) is 5.73 Å². The third-order valence-electron chi connectivity index (χ3n) is 8.58. The highest BCUT2D eigenvalue weighted by molar-refractivity contribution is 6.24. The van der Waals surface area contributed by atoms with Crippen molar-refractivity contribution in [3.63, 3.8) is 0 Å². The fourth-order valence-electron chi connectivity index (χ4n) is 6.64. The Labute approximate surface area is 237 Å². The van der Waals surface area contributed by atoms with Crippen LogP contribution in [0.25, 0.3) is 16.9 Å². The maximum atomic E-state index is 14.0. The number of benzene rings is 2. The molecule has 2 aromatic rings. The molecule has 0 bridgehead atoms. The second-order valence-corrected chi connectivity index (χ2v) is 11.7. The molecule has 2 aromatic carbocycles. The van der Waals surface area contributed by atoms with E-state index in [0.29, 0.717) is 18.2 Å². The van der Waals surface area contributed by atoms with Crippen molar-refractivity contribution >= 4 is 23.2 Å². The van der Waals surface area contributed by atoms with Gasteiger partial charge in [-0.2, -0.15) is 0 Å². The number of aliphatic hydroxyl groups is 3. The number of aliphatic hydroxyl groups excluding tert-OH is 2. The normalized spacial score (nSPS) is 25.9. The molecule has 216 valence electrons. The largest absolute Gasteiger partial charge is 0.508 e. The van der Waals surface area contributed by atoms with Gasteiger partial charge in [-0.25, -0.2) is 0 Å². The van der Waals surface area contributed by atoms with Gasteiger partial charge in [0, 0.05) is 24.1 Å². The smallest absolute Gasteiger partial charge is 0.255 e. The zero-order valence-corrected chi connectivity index (χ0v) is 23.4. The first-order valence-corrected chi connectivity index (χ1v) is 13.6. The van der Waals surface area contributed by atoms with Crippen LogP contribution in [0.2, 0.25) is 0 Å². The molecule has 41 heavy (non-hydrogen) atoms. The molecule has 7 N–H and O–H groups in total. The van der Waals surface area contributed by atoms with Gasteiger partial charge in [-0.3, -0.25) is 19.3 Å². The van der Waals surface area contributed by atoms with Gasteiger partial charge in [-0.15, -0.1) is 0 Å². The number of fused-ring (bicyclic) bond motifs is 3. The Morgan fingerprint density at radius 3 is 2.34 bits per heavy atom. The summed E-state index contributed by atoms with van der Waals surface area (Å²) in [4.78, 5) is 40.8. The van der Waals surface area contributed by atoms with Crippen molar-refractivity contribution in [2.45, 2.75) is 50.9 Å². The van der Waals surface area contributed by atoms with E-state index in [1.165, 1.54) is 11.0 Å². The molecule has 4 atom stereocenters. The van der Waals surface area contributed by atoms with E-state index < -0.39 is 58.0 Å². The van der Waals surface area contributed by atoms with E-state index in [9.17, 15) is 34.8 Å². The molecule has 0 aromatic heterocycles. The van der Waals surface area contributed by atoms with Crippen LogP contribution in [-0.4, -0.2) is 74.6 Å². The average Bonchev–Trinajstić information content (AvgIpc) is 2.89. The fraction of sp³-hybridized carbons (Fsp3) is 0.387. The van der Waals surface area contributed by atoms with Crippen molar-refractivity contribution < 1.29 is 34.8 Å². The van der Waals surface area contributed by atoms with Crippen LogP contribution >= 0.6 is 0 Å². The minimum absolute atomic E-state index is 0.0423. The Balaban J connectivity index is 1.64. The number of carbonyl (C=O) groups is 3. The summed E-state index contributed by atoms with van der Waals surface area (Å²) in [5, 5.41) is 48.3. The number of phenols is 1. The number of aromatic hydroxyl groups is 1. The molecule has 1 saturated carbocycles. The third kappa shape index (κ3) is 4.34. The van der Waals surface area contributed by atoms with Crippen LogP contribution in [0, 0.1) is 11.8 Å². The molecular formula is C31H35N3O7. The number of hydrogen-bond acceptors (Lipinski definition) is 9. The summed E-state index contributed by atoms with van der Waals surface area (Å²) < 4.78 is 0. The van der Waals surface area contributed by atoms with Gasteiger partial charge in [-0.1, -0.05) is 44.2 Å². The number of nitrogens with zero attached hydrogens (tertiary/aromatic N) is 1. The van der Waals surface area contributed by atoms with Crippen LogP contribution in [-0.2, 0) is 27.3 Å². The number of rotatable bonds is 6. The molecule has 0 spiro atoms. The van der Waals surface area contributed by atoms with Gasteiger partial charge in [0.15, 0.2) is 11.4 Å². The van der Waals surface area contributed by atoms with Gasteiger partial charge in [0.1, 0.15) is 22.8 Å². The quantitative estimate of drug-likeness (QED) is 0.289. The summed E-state index contributed by atoms with van der Waals surface area (Å²) in [6.07, 6.45) is 0.273. The molecule has 0 saturated heterocycles. The van der Waals surface area contributed by atoms with Crippen LogP contribution in [0.15, 0.2) is 53.3 Å². The van der Waals surface area contributed by atoms with E-state index in [1.54, 1.807) is 20.2 Å². The van der Waals surface area contributed by atoms with Gasteiger partial charge in [-0.05, 0) is 61.2 Å². The third-order valence-corrected chi connectivity index (χ3v) is 8.58. The standard InChI is InChI=1S/C31H35N3O7/c1-14(2)33-13-15-5-7-16(8-6-15)18-9-10-21(35)23-19(18)11-17-12-20-25(34(3)4)27(37)24(30(32)40)29(39)31(20,41)28(38)22(17)26(23)36/h5-10,14,17,20,25,33,35-36,39,41H,11-13H2,1-4H3,(H2,32,40)/t17-,20-,25?,31+/m0/s1. The van der Waals surface area contributed by atoms with E-state index in [0.717, 1.165) is 16.7 Å². The second kappa shape index (κ2) is 10.1. The van der Waals surface area contributed by atoms with Gasteiger partial charge in [0.2, 0.25) is 5.78 Å². The van der Waals surface area contributed by atoms with Crippen LogP contribution in [0.5, 0.6) is 5.75 Å². The first-order chi connectivity index (χ1) is 19.3. The van der Waals surface area contributed by atoms with Crippen molar-refractivity contribution in [1.29, 1.82) is 0 Å². The average molecular weight is 562 g/mol. The number of Topliss-reactive ketones (excluding diaryl/α,β-unsaturated/α-hetero) is 2. The molecule has 1 fully saturated rings. The molecule has 3 aliphatic rings. The molecular weight excluding hydrogens is 526 g/mol. The molecule has 3 aliphatic carbocycles. The van der Waals surface area contributed by atoms with Gasteiger partial charge in [0.05, 0.1) is 11.6 Å². The van der Waals surface area contributed by atoms with E-state index in [-0.39, 0.29) is 29.7 Å².